The first-order valence-electron chi connectivity index (χ1n) is 7.56. The molecule has 0 saturated heterocycles. The predicted octanol–water partition coefficient (Wildman–Crippen LogP) is 2.89. The van der Waals surface area contributed by atoms with Crippen LogP contribution in [0.3, 0.4) is 0 Å². The Labute approximate surface area is 139 Å². The number of nitro groups is 1. The molecule has 0 heterocycles. The fourth-order valence-corrected chi connectivity index (χ4v) is 2.52. The van der Waals surface area contributed by atoms with Crippen molar-refractivity contribution in [3.63, 3.8) is 0 Å². The quantitative estimate of drug-likeness (QED) is 0.481. The molecule has 124 valence electrons. The van der Waals surface area contributed by atoms with E-state index in [1.165, 1.54) is 0 Å². The molecule has 24 heavy (non-hydrogen) atoms. The summed E-state index contributed by atoms with van der Waals surface area (Å²) < 4.78 is 0. The third-order valence-corrected chi connectivity index (χ3v) is 3.85. The normalized spacial score (nSPS) is 12.9. The minimum absolute atomic E-state index is 0.407. The Balaban J connectivity index is 2.16. The number of nitrogens with zero attached hydrogens (tertiary/aromatic N) is 1. The van der Waals surface area contributed by atoms with Crippen LogP contribution in [0.25, 0.3) is 0 Å². The van der Waals surface area contributed by atoms with E-state index in [-0.39, 0.29) is 0 Å². The lowest BCUT2D eigenvalue weighted by atomic mass is 9.84. The fourth-order valence-electron chi connectivity index (χ4n) is 2.52. The Hall–Kier alpha value is -3.02. The number of amides is 1. The summed E-state index contributed by atoms with van der Waals surface area (Å²) in [5.74, 6) is -2.90. The van der Waals surface area contributed by atoms with Crippen LogP contribution in [-0.2, 0) is 9.59 Å². The van der Waals surface area contributed by atoms with Crippen LogP contribution in [0.1, 0.15) is 18.4 Å². The van der Waals surface area contributed by atoms with Gasteiger partial charge in [0.05, 0.1) is 5.92 Å². The number of carbonyl (C=O) groups is 2. The van der Waals surface area contributed by atoms with Crippen molar-refractivity contribution in [3.05, 3.63) is 76.3 Å². The van der Waals surface area contributed by atoms with Crippen LogP contribution >= 0.6 is 0 Å². The van der Waals surface area contributed by atoms with Crippen LogP contribution in [0.5, 0.6) is 0 Å². The van der Waals surface area contributed by atoms with Gasteiger partial charge in [0.1, 0.15) is 0 Å². The van der Waals surface area contributed by atoms with E-state index < -0.39 is 35.0 Å². The Morgan fingerprint density at radius 3 is 2.12 bits per heavy atom. The molecule has 6 heteroatoms. The third-order valence-electron chi connectivity index (χ3n) is 3.85. The number of para-hydroxylation sites is 1. The average Bonchev–Trinajstić information content (AvgIpc) is 2.60. The van der Waals surface area contributed by atoms with Gasteiger partial charge >= 0.3 is 0 Å². The van der Waals surface area contributed by atoms with E-state index >= 15 is 0 Å². The molecule has 0 aliphatic rings. The first-order valence-corrected chi connectivity index (χ1v) is 7.56. The molecule has 1 N–H and O–H groups in total. The van der Waals surface area contributed by atoms with Gasteiger partial charge in [-0.25, -0.2) is 0 Å². The summed E-state index contributed by atoms with van der Waals surface area (Å²) >= 11 is 0. The van der Waals surface area contributed by atoms with Gasteiger partial charge in [-0.3, -0.25) is 19.7 Å². The predicted molar refractivity (Wildman–Crippen MR) is 90.3 cm³/mol. The highest BCUT2D eigenvalue weighted by molar-refractivity contribution is 6.41. The number of nitrogens with one attached hydrogen (secondary N) is 1. The molecule has 0 spiro atoms. The zero-order valence-corrected chi connectivity index (χ0v) is 13.2. The number of ketones is 1. The molecule has 2 aromatic carbocycles. The molecule has 2 atom stereocenters. The van der Waals surface area contributed by atoms with Crippen LogP contribution in [0.4, 0.5) is 5.69 Å². The summed E-state index contributed by atoms with van der Waals surface area (Å²) in [4.78, 5) is 35.1. The van der Waals surface area contributed by atoms with Gasteiger partial charge in [0.25, 0.3) is 5.91 Å². The van der Waals surface area contributed by atoms with E-state index in [1.54, 1.807) is 67.6 Å². The standard InChI is InChI=1S/C18H18N2O4/c1-13(16(12-20(23)24)14-8-4-2-5-9-14)17(21)18(22)19-15-10-6-3-7-11-15/h2-11,13,16H,12H2,1H3,(H,19,22)/t13-,16-/m1/s1. The molecule has 0 saturated carbocycles. The smallest absolute Gasteiger partial charge is 0.292 e. The molecule has 0 aliphatic heterocycles. The second-order valence-corrected chi connectivity index (χ2v) is 5.51. The summed E-state index contributed by atoms with van der Waals surface area (Å²) in [7, 11) is 0. The molecule has 0 aromatic heterocycles. The highest BCUT2D eigenvalue weighted by atomic mass is 16.6. The topological polar surface area (TPSA) is 89.3 Å². The van der Waals surface area contributed by atoms with Crippen molar-refractivity contribution in [3.8, 4) is 0 Å². The van der Waals surface area contributed by atoms with Crippen LogP contribution < -0.4 is 5.32 Å². The molecular weight excluding hydrogens is 308 g/mol. The van der Waals surface area contributed by atoms with E-state index in [0.717, 1.165) is 0 Å². The van der Waals surface area contributed by atoms with Gasteiger partial charge in [-0.2, -0.15) is 0 Å². The summed E-state index contributed by atoms with van der Waals surface area (Å²) in [6, 6.07) is 17.4. The number of carbonyl (C=O) groups excluding carboxylic acids is 2. The number of anilines is 1. The molecule has 1 amide bonds. The first-order chi connectivity index (χ1) is 11.5. The van der Waals surface area contributed by atoms with E-state index in [4.69, 9.17) is 0 Å². The van der Waals surface area contributed by atoms with Crippen molar-refractivity contribution < 1.29 is 14.5 Å². The van der Waals surface area contributed by atoms with Gasteiger partial charge in [-0.1, -0.05) is 55.5 Å². The SMILES string of the molecule is C[C@@H](C(=O)C(=O)Nc1ccccc1)[C@@H](C[N+](=O)[O-])c1ccccc1. The van der Waals surface area contributed by atoms with Crippen molar-refractivity contribution in [2.45, 2.75) is 12.8 Å². The van der Waals surface area contributed by atoms with Gasteiger partial charge in [0, 0.05) is 16.5 Å². The van der Waals surface area contributed by atoms with Crippen LogP contribution in [-0.4, -0.2) is 23.2 Å². The molecule has 0 radical (unpaired) electrons. The first kappa shape index (κ1) is 17.3. The number of rotatable bonds is 7. The molecule has 0 aliphatic carbocycles. The maximum atomic E-state index is 12.4. The van der Waals surface area contributed by atoms with E-state index in [9.17, 15) is 19.7 Å². The number of hydrogen-bond acceptors (Lipinski definition) is 4. The zero-order chi connectivity index (χ0) is 17.5. The van der Waals surface area contributed by atoms with Crippen LogP contribution in [0.2, 0.25) is 0 Å². The van der Waals surface area contributed by atoms with Gasteiger partial charge in [0.2, 0.25) is 12.3 Å². The summed E-state index contributed by atoms with van der Waals surface area (Å²) in [6.45, 7) is 1.14. The Morgan fingerprint density at radius 2 is 1.58 bits per heavy atom. The van der Waals surface area contributed by atoms with Crippen molar-refractivity contribution >= 4 is 17.4 Å². The van der Waals surface area contributed by atoms with E-state index in [2.05, 4.69) is 5.32 Å². The minimum Gasteiger partial charge on any atom is -0.319 e. The van der Waals surface area contributed by atoms with Gasteiger partial charge < -0.3 is 5.32 Å². The zero-order valence-electron chi connectivity index (χ0n) is 13.2. The largest absolute Gasteiger partial charge is 0.319 e. The highest BCUT2D eigenvalue weighted by Gasteiger charge is 2.33. The average molecular weight is 326 g/mol. The molecule has 2 aromatic rings. The van der Waals surface area contributed by atoms with Gasteiger partial charge in [-0.15, -0.1) is 0 Å². The number of hydrogen-bond donors (Lipinski definition) is 1. The maximum absolute atomic E-state index is 12.4. The molecular formula is C18H18N2O4. The number of Topliss-reactive ketones (excluding diaryl/α,β-unsaturated/α-hetero) is 1. The molecule has 0 bridgehead atoms. The van der Waals surface area contributed by atoms with Crippen LogP contribution in [0, 0.1) is 16.0 Å². The van der Waals surface area contributed by atoms with E-state index in [0.29, 0.717) is 11.3 Å². The second kappa shape index (κ2) is 8.01. The molecule has 6 nitrogen and oxygen atoms in total. The van der Waals surface area contributed by atoms with Gasteiger partial charge in [-0.05, 0) is 17.7 Å². The lowest BCUT2D eigenvalue weighted by Gasteiger charge is -2.19. The molecule has 2 rings (SSSR count). The number of benzene rings is 2. The van der Waals surface area contributed by atoms with Crippen molar-refractivity contribution in [1.29, 1.82) is 0 Å². The summed E-state index contributed by atoms with van der Waals surface area (Å²) in [5, 5.41) is 13.5. The highest BCUT2D eigenvalue weighted by Crippen LogP contribution is 2.26. The summed E-state index contributed by atoms with van der Waals surface area (Å²) in [5.41, 5.74) is 1.18. The van der Waals surface area contributed by atoms with Crippen molar-refractivity contribution in [1.82, 2.24) is 0 Å². The monoisotopic (exact) mass is 326 g/mol. The lowest BCUT2D eigenvalue weighted by molar-refractivity contribution is -0.484. The fraction of sp³-hybridized carbons (Fsp3) is 0.222. The van der Waals surface area contributed by atoms with E-state index in [1.807, 2.05) is 0 Å². The molecule has 0 unspecified atom stereocenters. The Morgan fingerprint density at radius 1 is 1.04 bits per heavy atom. The van der Waals surface area contributed by atoms with Crippen molar-refractivity contribution in [2.24, 2.45) is 5.92 Å². The second-order valence-electron chi connectivity index (χ2n) is 5.51. The third kappa shape index (κ3) is 4.49. The van der Waals surface area contributed by atoms with Crippen molar-refractivity contribution in [2.75, 3.05) is 11.9 Å². The molecule has 0 fully saturated rings. The van der Waals surface area contributed by atoms with Gasteiger partial charge in [0.15, 0.2) is 0 Å². The Bertz CT molecular complexity index is 716. The summed E-state index contributed by atoms with van der Waals surface area (Å²) in [6.07, 6.45) is 0. The Kier molecular flexibility index (Phi) is 5.78. The van der Waals surface area contributed by atoms with Crippen LogP contribution in [0.15, 0.2) is 60.7 Å². The lowest BCUT2D eigenvalue weighted by Crippen LogP contribution is -2.33. The minimum atomic E-state index is -0.804. The maximum Gasteiger partial charge on any atom is 0.292 e.